The first-order valence-electron chi connectivity index (χ1n) is 6.90. The maximum absolute atomic E-state index is 5.21. The van der Waals surface area contributed by atoms with E-state index in [-0.39, 0.29) is 0 Å². The number of aromatic nitrogens is 2. The average Bonchev–Trinajstić information content (AvgIpc) is 2.72. The molecular weight excluding hydrogens is 226 g/mol. The van der Waals surface area contributed by atoms with Gasteiger partial charge in [0.1, 0.15) is 0 Å². The Morgan fingerprint density at radius 1 is 1.39 bits per heavy atom. The lowest BCUT2D eigenvalue weighted by atomic mass is 10.0. The third-order valence-electron chi connectivity index (χ3n) is 3.44. The Hall–Kier alpha value is -1.03. The zero-order valence-electron chi connectivity index (χ0n) is 12.4. The average molecular weight is 253 g/mol. The predicted octanol–water partition coefficient (Wildman–Crippen LogP) is 3.25. The van der Waals surface area contributed by atoms with Crippen molar-refractivity contribution in [3.8, 4) is 0 Å². The summed E-state index contributed by atoms with van der Waals surface area (Å²) in [5.74, 6) is 1.68. The van der Waals surface area contributed by atoms with Crippen molar-refractivity contribution in [2.75, 3.05) is 25.6 Å². The maximum Gasteiger partial charge on any atom is 0.203 e. The zero-order chi connectivity index (χ0) is 13.5. The second-order valence-electron chi connectivity index (χ2n) is 4.98. The Balaban J connectivity index is 2.69. The first-order chi connectivity index (χ1) is 8.62. The fourth-order valence-electron chi connectivity index (χ4n) is 2.12. The van der Waals surface area contributed by atoms with E-state index < -0.39 is 0 Å². The third kappa shape index (κ3) is 4.02. The molecule has 1 N–H and O–H groups in total. The van der Waals surface area contributed by atoms with Gasteiger partial charge in [0.25, 0.3) is 0 Å². The monoisotopic (exact) mass is 253 g/mol. The molecule has 0 aliphatic carbocycles. The molecule has 0 bridgehead atoms. The molecule has 1 aromatic heterocycles. The summed E-state index contributed by atoms with van der Waals surface area (Å²) in [5.41, 5.74) is 1.05. The Bertz CT molecular complexity index is 345. The first kappa shape index (κ1) is 15.0. The first-order valence-corrected chi connectivity index (χ1v) is 6.90. The highest BCUT2D eigenvalue weighted by Crippen LogP contribution is 2.17. The van der Waals surface area contributed by atoms with Crippen molar-refractivity contribution in [2.24, 2.45) is 5.92 Å². The second kappa shape index (κ2) is 7.41. The van der Waals surface area contributed by atoms with Crippen LogP contribution in [0, 0.1) is 12.8 Å². The van der Waals surface area contributed by atoms with E-state index in [4.69, 9.17) is 4.74 Å². The molecule has 0 radical (unpaired) electrons. The Morgan fingerprint density at radius 3 is 2.61 bits per heavy atom. The van der Waals surface area contributed by atoms with Gasteiger partial charge >= 0.3 is 0 Å². The fraction of sp³-hybridized carbons (Fsp3) is 0.786. The molecule has 0 amide bonds. The summed E-state index contributed by atoms with van der Waals surface area (Å²) in [4.78, 5) is 4.55. The highest BCUT2D eigenvalue weighted by Gasteiger charge is 2.12. The molecule has 4 heteroatoms. The summed E-state index contributed by atoms with van der Waals surface area (Å²) in [6.45, 7) is 10.3. The number of aryl methyl sites for hydroxylation is 1. The van der Waals surface area contributed by atoms with Crippen molar-refractivity contribution in [1.82, 2.24) is 9.55 Å². The predicted molar refractivity (Wildman–Crippen MR) is 76.1 cm³/mol. The number of rotatable bonds is 8. The SMILES string of the molecule is CCC(CC)CNc1nc(C)cn1C(C)COC. The number of ether oxygens (including phenoxy) is 1. The van der Waals surface area contributed by atoms with Gasteiger partial charge < -0.3 is 14.6 Å². The van der Waals surface area contributed by atoms with Crippen LogP contribution < -0.4 is 5.32 Å². The third-order valence-corrected chi connectivity index (χ3v) is 3.44. The van der Waals surface area contributed by atoms with E-state index in [1.807, 2.05) is 6.92 Å². The van der Waals surface area contributed by atoms with Gasteiger partial charge in [0.05, 0.1) is 18.3 Å². The molecule has 4 nitrogen and oxygen atoms in total. The van der Waals surface area contributed by atoms with E-state index in [0.717, 1.165) is 18.2 Å². The molecular formula is C14H27N3O. The van der Waals surface area contributed by atoms with Crippen LogP contribution in [0.5, 0.6) is 0 Å². The fourth-order valence-corrected chi connectivity index (χ4v) is 2.12. The summed E-state index contributed by atoms with van der Waals surface area (Å²) in [5, 5.41) is 3.47. The molecule has 1 aromatic rings. The van der Waals surface area contributed by atoms with E-state index in [0.29, 0.717) is 18.6 Å². The van der Waals surface area contributed by atoms with Gasteiger partial charge in [-0.1, -0.05) is 26.7 Å². The summed E-state index contributed by atoms with van der Waals surface area (Å²) in [6, 6.07) is 0.306. The quantitative estimate of drug-likeness (QED) is 0.773. The molecule has 0 aliphatic heterocycles. The summed E-state index contributed by atoms with van der Waals surface area (Å²) in [7, 11) is 1.73. The summed E-state index contributed by atoms with van der Waals surface area (Å²) in [6.07, 6.45) is 4.49. The second-order valence-corrected chi connectivity index (χ2v) is 4.98. The van der Waals surface area contributed by atoms with Gasteiger partial charge in [0.15, 0.2) is 0 Å². The van der Waals surface area contributed by atoms with Gasteiger partial charge in [-0.05, 0) is 19.8 Å². The minimum absolute atomic E-state index is 0.306. The largest absolute Gasteiger partial charge is 0.383 e. The standard InChI is InChI=1S/C14H27N3O/c1-6-13(7-2)8-15-14-16-11(3)9-17(14)12(4)10-18-5/h9,12-13H,6-8,10H2,1-5H3,(H,15,16). The van der Waals surface area contributed by atoms with Gasteiger partial charge in [-0.2, -0.15) is 0 Å². The van der Waals surface area contributed by atoms with Gasteiger partial charge in [-0.15, -0.1) is 0 Å². The van der Waals surface area contributed by atoms with Crippen LogP contribution in [0.2, 0.25) is 0 Å². The summed E-state index contributed by atoms with van der Waals surface area (Å²) < 4.78 is 7.38. The van der Waals surface area contributed by atoms with Crippen LogP contribution in [0.4, 0.5) is 5.95 Å². The molecule has 0 spiro atoms. The maximum atomic E-state index is 5.21. The molecule has 0 saturated heterocycles. The van der Waals surface area contributed by atoms with Crippen LogP contribution in [0.25, 0.3) is 0 Å². The molecule has 0 fully saturated rings. The number of nitrogens with one attached hydrogen (secondary N) is 1. The minimum Gasteiger partial charge on any atom is -0.383 e. The lowest BCUT2D eigenvalue weighted by Crippen LogP contribution is -2.18. The topological polar surface area (TPSA) is 39.1 Å². The molecule has 0 aromatic carbocycles. The molecule has 104 valence electrons. The number of hydrogen-bond donors (Lipinski definition) is 1. The van der Waals surface area contributed by atoms with Crippen LogP contribution in [-0.2, 0) is 4.74 Å². The highest BCUT2D eigenvalue weighted by molar-refractivity contribution is 5.29. The lowest BCUT2D eigenvalue weighted by molar-refractivity contribution is 0.163. The number of methoxy groups -OCH3 is 1. The van der Waals surface area contributed by atoms with E-state index in [9.17, 15) is 0 Å². The number of imidazole rings is 1. The van der Waals surface area contributed by atoms with Crippen molar-refractivity contribution in [3.63, 3.8) is 0 Å². The molecule has 1 heterocycles. The van der Waals surface area contributed by atoms with Crippen molar-refractivity contribution < 1.29 is 4.74 Å². The smallest absolute Gasteiger partial charge is 0.203 e. The van der Waals surface area contributed by atoms with Crippen molar-refractivity contribution >= 4 is 5.95 Å². The van der Waals surface area contributed by atoms with Crippen molar-refractivity contribution in [2.45, 2.75) is 46.6 Å². The van der Waals surface area contributed by atoms with Crippen LogP contribution >= 0.6 is 0 Å². The van der Waals surface area contributed by atoms with E-state index in [2.05, 4.69) is 41.8 Å². The van der Waals surface area contributed by atoms with Crippen LogP contribution in [0.15, 0.2) is 6.20 Å². The van der Waals surface area contributed by atoms with Gasteiger partial charge in [-0.25, -0.2) is 4.98 Å². The number of nitrogens with zero attached hydrogens (tertiary/aromatic N) is 2. The van der Waals surface area contributed by atoms with Gasteiger partial charge in [0.2, 0.25) is 5.95 Å². The highest BCUT2D eigenvalue weighted by atomic mass is 16.5. The number of hydrogen-bond acceptors (Lipinski definition) is 3. The normalized spacial score (nSPS) is 13.0. The number of anilines is 1. The van der Waals surface area contributed by atoms with Crippen LogP contribution in [-0.4, -0.2) is 29.8 Å². The van der Waals surface area contributed by atoms with Crippen molar-refractivity contribution in [3.05, 3.63) is 11.9 Å². The molecule has 1 atom stereocenters. The molecule has 0 aliphatic rings. The van der Waals surface area contributed by atoms with Crippen molar-refractivity contribution in [1.29, 1.82) is 0 Å². The van der Waals surface area contributed by atoms with Crippen LogP contribution in [0.1, 0.15) is 45.3 Å². The van der Waals surface area contributed by atoms with Crippen LogP contribution in [0.3, 0.4) is 0 Å². The Kier molecular flexibility index (Phi) is 6.19. The molecule has 1 rings (SSSR count). The Morgan fingerprint density at radius 2 is 2.06 bits per heavy atom. The van der Waals surface area contributed by atoms with E-state index in [1.54, 1.807) is 7.11 Å². The van der Waals surface area contributed by atoms with E-state index in [1.165, 1.54) is 12.8 Å². The Labute approximate surface area is 111 Å². The summed E-state index contributed by atoms with van der Waals surface area (Å²) >= 11 is 0. The lowest BCUT2D eigenvalue weighted by Gasteiger charge is -2.18. The minimum atomic E-state index is 0.306. The van der Waals surface area contributed by atoms with Gasteiger partial charge in [0, 0.05) is 19.9 Å². The molecule has 1 unspecified atom stereocenters. The zero-order valence-corrected chi connectivity index (χ0v) is 12.4. The molecule has 18 heavy (non-hydrogen) atoms. The van der Waals surface area contributed by atoms with E-state index >= 15 is 0 Å². The molecule has 0 saturated carbocycles. The van der Waals surface area contributed by atoms with Gasteiger partial charge in [-0.3, -0.25) is 0 Å².